The van der Waals surface area contributed by atoms with Gasteiger partial charge in [-0.15, -0.1) is 0 Å². The second kappa shape index (κ2) is 5.53. The van der Waals surface area contributed by atoms with Crippen LogP contribution in [0.3, 0.4) is 0 Å². The summed E-state index contributed by atoms with van der Waals surface area (Å²) in [6.45, 7) is 5.97. The van der Waals surface area contributed by atoms with E-state index in [1.807, 2.05) is 0 Å². The highest BCUT2D eigenvalue weighted by Crippen LogP contribution is 2.30. The van der Waals surface area contributed by atoms with E-state index in [0.29, 0.717) is 6.92 Å². The van der Waals surface area contributed by atoms with Crippen LogP contribution in [-0.4, -0.2) is 16.4 Å². The van der Waals surface area contributed by atoms with Crippen LogP contribution < -0.4 is 0 Å². The van der Waals surface area contributed by atoms with Gasteiger partial charge in [0.25, 0.3) is 5.92 Å². The fraction of sp³-hybridized carbons (Fsp3) is 0.462. The molecule has 1 aromatic rings. The van der Waals surface area contributed by atoms with Crippen LogP contribution in [0.4, 0.5) is 17.6 Å². The molecule has 0 aromatic heterocycles. The van der Waals surface area contributed by atoms with E-state index < -0.39 is 33.6 Å². The molecule has 0 bridgehead atoms. The van der Waals surface area contributed by atoms with Crippen molar-refractivity contribution in [1.29, 1.82) is 0 Å². The maximum absolute atomic E-state index is 13.6. The van der Waals surface area contributed by atoms with E-state index >= 15 is 0 Å². The van der Waals surface area contributed by atoms with Crippen molar-refractivity contribution in [1.82, 2.24) is 0 Å². The first-order valence-electron chi connectivity index (χ1n) is 5.61. The molecule has 0 atom stereocenters. The lowest BCUT2D eigenvalue weighted by Crippen LogP contribution is -2.27. The van der Waals surface area contributed by atoms with Crippen molar-refractivity contribution in [3.8, 4) is 0 Å². The van der Waals surface area contributed by atoms with Gasteiger partial charge in [-0.25, -0.2) is 13.2 Å². The predicted octanol–water partition coefficient (Wildman–Crippen LogP) is 4.86. The van der Waals surface area contributed by atoms with Crippen molar-refractivity contribution in [2.45, 2.75) is 38.4 Å². The molecule has 0 aliphatic heterocycles. The number of hydrogen-bond donors (Lipinski definition) is 0. The number of benzene rings is 1. The standard InChI is InChI=1S/C13H15F4NS/c1-12(2,3)19-18-11(13(4,16)17)8-6-5-7-9(14)10(8)15/h5-7H,1-4H3. The first kappa shape index (κ1) is 16.0. The summed E-state index contributed by atoms with van der Waals surface area (Å²) < 4.78 is 57.1. The molecule has 0 unspecified atom stereocenters. The molecule has 0 amide bonds. The van der Waals surface area contributed by atoms with Crippen LogP contribution in [0.15, 0.2) is 22.6 Å². The lowest BCUT2D eigenvalue weighted by Gasteiger charge is -2.18. The van der Waals surface area contributed by atoms with E-state index in [2.05, 4.69) is 4.40 Å². The van der Waals surface area contributed by atoms with Gasteiger partial charge in [-0.3, -0.25) is 0 Å². The molecule has 0 heterocycles. The molecule has 0 spiro atoms. The fourth-order valence-electron chi connectivity index (χ4n) is 1.24. The molecule has 1 nitrogen and oxygen atoms in total. The number of hydrogen-bond acceptors (Lipinski definition) is 2. The Hall–Kier alpha value is -1.04. The normalized spacial score (nSPS) is 13.8. The van der Waals surface area contributed by atoms with E-state index in [1.165, 1.54) is 6.07 Å². The minimum Gasteiger partial charge on any atom is -0.214 e. The van der Waals surface area contributed by atoms with Crippen LogP contribution in [0.5, 0.6) is 0 Å². The van der Waals surface area contributed by atoms with Gasteiger partial charge in [-0.1, -0.05) is 6.07 Å². The number of nitrogens with zero attached hydrogens (tertiary/aromatic N) is 1. The van der Waals surface area contributed by atoms with Crippen molar-refractivity contribution < 1.29 is 17.6 Å². The first-order valence-corrected chi connectivity index (χ1v) is 6.38. The van der Waals surface area contributed by atoms with E-state index in [9.17, 15) is 17.6 Å². The summed E-state index contributed by atoms with van der Waals surface area (Å²) in [6.07, 6.45) is 0. The first-order chi connectivity index (χ1) is 8.52. The Morgan fingerprint density at radius 3 is 2.16 bits per heavy atom. The molecule has 0 radical (unpaired) electrons. The molecule has 0 saturated carbocycles. The Morgan fingerprint density at radius 2 is 1.68 bits per heavy atom. The molecular weight excluding hydrogens is 278 g/mol. The summed E-state index contributed by atoms with van der Waals surface area (Å²) in [7, 11) is 0. The van der Waals surface area contributed by atoms with Crippen molar-refractivity contribution in [3.63, 3.8) is 0 Å². The van der Waals surface area contributed by atoms with E-state index in [4.69, 9.17) is 0 Å². The molecule has 1 aromatic carbocycles. The van der Waals surface area contributed by atoms with Crippen LogP contribution >= 0.6 is 11.9 Å². The highest BCUT2D eigenvalue weighted by Gasteiger charge is 2.34. The molecule has 1 rings (SSSR count). The maximum Gasteiger partial charge on any atom is 0.288 e. The number of rotatable bonds is 3. The quantitative estimate of drug-likeness (QED) is 0.440. The summed E-state index contributed by atoms with van der Waals surface area (Å²) in [5, 5.41) is 0. The van der Waals surface area contributed by atoms with Crippen LogP contribution in [0, 0.1) is 11.6 Å². The van der Waals surface area contributed by atoms with Gasteiger partial charge in [-0.05, 0) is 44.9 Å². The third-order valence-corrected chi connectivity index (χ3v) is 2.85. The number of halogens is 4. The zero-order valence-electron chi connectivity index (χ0n) is 11.1. The van der Waals surface area contributed by atoms with Crippen molar-refractivity contribution in [3.05, 3.63) is 35.4 Å². The fourth-order valence-corrected chi connectivity index (χ4v) is 1.86. The van der Waals surface area contributed by atoms with Crippen LogP contribution in [0.1, 0.15) is 33.3 Å². The van der Waals surface area contributed by atoms with Gasteiger partial charge < -0.3 is 0 Å². The van der Waals surface area contributed by atoms with E-state index in [0.717, 1.165) is 24.1 Å². The molecule has 0 N–H and O–H groups in total. The lowest BCUT2D eigenvalue weighted by atomic mass is 10.1. The smallest absolute Gasteiger partial charge is 0.214 e. The largest absolute Gasteiger partial charge is 0.288 e. The van der Waals surface area contributed by atoms with Gasteiger partial charge in [0.15, 0.2) is 11.6 Å². The Kier molecular flexibility index (Phi) is 4.66. The Balaban J connectivity index is 3.30. The van der Waals surface area contributed by atoms with Gasteiger partial charge in [0.05, 0.1) is 0 Å². The average Bonchev–Trinajstić information content (AvgIpc) is 2.20. The number of alkyl halides is 2. The lowest BCUT2D eigenvalue weighted by molar-refractivity contribution is 0.101. The Morgan fingerprint density at radius 1 is 1.11 bits per heavy atom. The summed E-state index contributed by atoms with van der Waals surface area (Å²) in [4.78, 5) is 0. The third kappa shape index (κ3) is 4.53. The van der Waals surface area contributed by atoms with Crippen molar-refractivity contribution in [2.75, 3.05) is 0 Å². The highest BCUT2D eigenvalue weighted by atomic mass is 32.2. The maximum atomic E-state index is 13.6. The summed E-state index contributed by atoms with van der Waals surface area (Å²) in [5.41, 5.74) is -1.27. The minimum absolute atomic E-state index is 0.402. The Labute approximate surface area is 114 Å². The molecule has 0 aliphatic rings. The van der Waals surface area contributed by atoms with Crippen molar-refractivity contribution >= 4 is 17.7 Å². The molecule has 106 valence electrons. The average molecular weight is 293 g/mol. The molecular formula is C13H15F4NS. The molecule has 6 heteroatoms. The predicted molar refractivity (Wildman–Crippen MR) is 70.9 cm³/mol. The monoisotopic (exact) mass is 293 g/mol. The SMILES string of the molecule is CC(C)(C)SN=C(c1cccc(F)c1F)C(C)(F)F. The second-order valence-corrected chi connectivity index (χ2v) is 6.72. The minimum atomic E-state index is -3.35. The van der Waals surface area contributed by atoms with Gasteiger partial charge in [0.2, 0.25) is 0 Å². The van der Waals surface area contributed by atoms with Crippen LogP contribution in [0.25, 0.3) is 0 Å². The Bertz CT molecular complexity index is 486. The van der Waals surface area contributed by atoms with Gasteiger partial charge in [-0.2, -0.15) is 8.78 Å². The van der Waals surface area contributed by atoms with E-state index in [-0.39, 0.29) is 0 Å². The van der Waals surface area contributed by atoms with Gasteiger partial charge in [0, 0.05) is 17.2 Å². The van der Waals surface area contributed by atoms with Gasteiger partial charge >= 0.3 is 0 Å². The molecule has 0 saturated heterocycles. The molecule has 0 aliphatic carbocycles. The summed E-state index contributed by atoms with van der Waals surface area (Å²) >= 11 is 0.897. The third-order valence-electron chi connectivity index (χ3n) is 2.03. The van der Waals surface area contributed by atoms with Gasteiger partial charge in [0.1, 0.15) is 5.71 Å². The topological polar surface area (TPSA) is 12.4 Å². The molecule has 0 fully saturated rings. The van der Waals surface area contributed by atoms with Crippen molar-refractivity contribution in [2.24, 2.45) is 4.40 Å². The highest BCUT2D eigenvalue weighted by molar-refractivity contribution is 7.99. The molecule has 19 heavy (non-hydrogen) atoms. The summed E-state index contributed by atoms with van der Waals surface area (Å²) in [6, 6.07) is 3.15. The summed E-state index contributed by atoms with van der Waals surface area (Å²) in [5.74, 6) is -5.83. The van der Waals surface area contributed by atoms with Crippen LogP contribution in [0.2, 0.25) is 0 Å². The second-order valence-electron chi connectivity index (χ2n) is 5.13. The zero-order chi connectivity index (χ0) is 14.8. The van der Waals surface area contributed by atoms with E-state index in [1.54, 1.807) is 20.8 Å². The zero-order valence-corrected chi connectivity index (χ0v) is 11.9. The van der Waals surface area contributed by atoms with Crippen LogP contribution in [-0.2, 0) is 0 Å².